The number of phenolic OH excluding ortho intramolecular Hbond substituents is 1. The molecule has 5 rings (SSSR count). The molecule has 2 heterocycles. The summed E-state index contributed by atoms with van der Waals surface area (Å²) in [5, 5.41) is 13.3. The van der Waals surface area contributed by atoms with E-state index in [2.05, 4.69) is 52.4 Å². The highest BCUT2D eigenvalue weighted by Gasteiger charge is 2.12. The van der Waals surface area contributed by atoms with E-state index in [9.17, 15) is 5.11 Å². The number of benzene rings is 3. The monoisotopic (exact) mass is 348 g/mol. The quantitative estimate of drug-likeness (QED) is 0.409. The van der Waals surface area contributed by atoms with Crippen LogP contribution in [0.5, 0.6) is 5.75 Å². The van der Waals surface area contributed by atoms with Crippen molar-refractivity contribution >= 4 is 21.7 Å². The Morgan fingerprint density at radius 1 is 0.704 bits per heavy atom. The Bertz CT molecular complexity index is 1280. The van der Waals surface area contributed by atoms with Crippen LogP contribution in [0.25, 0.3) is 43.9 Å². The molecule has 0 fully saturated rings. The topological polar surface area (TPSA) is 46.0 Å². The zero-order valence-electron chi connectivity index (χ0n) is 14.5. The number of aromatic hydroxyl groups is 1. The second kappa shape index (κ2) is 6.22. The highest BCUT2D eigenvalue weighted by atomic mass is 16.3. The summed E-state index contributed by atoms with van der Waals surface area (Å²) in [6, 6.07) is 24.1. The van der Waals surface area contributed by atoms with E-state index in [1.807, 2.05) is 30.5 Å². The van der Waals surface area contributed by atoms with Crippen LogP contribution in [0.1, 0.15) is 0 Å². The van der Waals surface area contributed by atoms with Crippen molar-refractivity contribution in [2.45, 2.75) is 0 Å². The van der Waals surface area contributed by atoms with Crippen LogP contribution in [0.2, 0.25) is 0 Å². The van der Waals surface area contributed by atoms with Gasteiger partial charge in [-0.15, -0.1) is 0 Å². The van der Waals surface area contributed by atoms with Gasteiger partial charge >= 0.3 is 0 Å². The molecule has 0 radical (unpaired) electrons. The number of phenols is 1. The lowest BCUT2D eigenvalue weighted by molar-refractivity contribution is 0.482. The van der Waals surface area contributed by atoms with E-state index in [1.165, 1.54) is 0 Å². The minimum absolute atomic E-state index is 0.251. The highest BCUT2D eigenvalue weighted by molar-refractivity contribution is 6.13. The molecule has 0 saturated heterocycles. The molecule has 27 heavy (non-hydrogen) atoms. The van der Waals surface area contributed by atoms with Crippen LogP contribution in [0.3, 0.4) is 0 Å². The third kappa shape index (κ3) is 2.61. The molecule has 0 atom stereocenters. The van der Waals surface area contributed by atoms with Crippen LogP contribution < -0.4 is 0 Å². The van der Waals surface area contributed by atoms with Crippen molar-refractivity contribution in [1.29, 1.82) is 0 Å². The van der Waals surface area contributed by atoms with Crippen molar-refractivity contribution in [3.63, 3.8) is 0 Å². The molecule has 0 amide bonds. The van der Waals surface area contributed by atoms with Gasteiger partial charge in [-0.25, -0.2) is 0 Å². The molecule has 2 aromatic heterocycles. The lowest BCUT2D eigenvalue weighted by atomic mass is 9.94. The van der Waals surface area contributed by atoms with E-state index in [1.54, 1.807) is 18.5 Å². The summed E-state index contributed by atoms with van der Waals surface area (Å²) >= 11 is 0. The molecule has 0 aliphatic heterocycles. The van der Waals surface area contributed by atoms with Gasteiger partial charge < -0.3 is 5.11 Å². The van der Waals surface area contributed by atoms with Crippen LogP contribution >= 0.6 is 0 Å². The molecule has 0 unspecified atom stereocenters. The van der Waals surface area contributed by atoms with Gasteiger partial charge in [0.25, 0.3) is 0 Å². The van der Waals surface area contributed by atoms with Crippen molar-refractivity contribution in [2.24, 2.45) is 0 Å². The Labute approximate surface area is 156 Å². The van der Waals surface area contributed by atoms with Crippen molar-refractivity contribution in [2.75, 3.05) is 0 Å². The lowest BCUT2D eigenvalue weighted by Gasteiger charge is -2.12. The zero-order chi connectivity index (χ0) is 18.2. The molecule has 5 aromatic rings. The number of rotatable bonds is 2. The Kier molecular flexibility index (Phi) is 3.58. The van der Waals surface area contributed by atoms with Crippen LogP contribution in [-0.4, -0.2) is 15.1 Å². The Morgan fingerprint density at radius 2 is 1.56 bits per heavy atom. The first-order valence-electron chi connectivity index (χ1n) is 8.81. The number of fused-ring (bicyclic) bond motifs is 3. The molecular weight excluding hydrogens is 332 g/mol. The molecule has 3 nitrogen and oxygen atoms in total. The van der Waals surface area contributed by atoms with E-state index >= 15 is 0 Å². The van der Waals surface area contributed by atoms with Gasteiger partial charge in [0.2, 0.25) is 0 Å². The van der Waals surface area contributed by atoms with E-state index < -0.39 is 0 Å². The van der Waals surface area contributed by atoms with Crippen molar-refractivity contribution in [3.05, 3.63) is 91.4 Å². The minimum Gasteiger partial charge on any atom is -0.507 e. The van der Waals surface area contributed by atoms with Gasteiger partial charge in [0, 0.05) is 29.5 Å². The van der Waals surface area contributed by atoms with Crippen LogP contribution in [0, 0.1) is 0 Å². The maximum atomic E-state index is 10.5. The molecule has 0 aliphatic carbocycles. The summed E-state index contributed by atoms with van der Waals surface area (Å²) in [6.45, 7) is 0. The fraction of sp³-hybridized carbons (Fsp3) is 0. The number of nitrogens with zero attached hydrogens (tertiary/aromatic N) is 2. The molecule has 128 valence electrons. The second-order valence-electron chi connectivity index (χ2n) is 6.52. The van der Waals surface area contributed by atoms with E-state index in [0.29, 0.717) is 0 Å². The largest absolute Gasteiger partial charge is 0.507 e. The lowest BCUT2D eigenvalue weighted by Crippen LogP contribution is -1.87. The summed E-state index contributed by atoms with van der Waals surface area (Å²) in [6.07, 6.45) is 5.40. The summed E-state index contributed by atoms with van der Waals surface area (Å²) in [5.41, 5.74) is 5.17. The Balaban J connectivity index is 1.77. The van der Waals surface area contributed by atoms with E-state index in [0.717, 1.165) is 43.9 Å². The van der Waals surface area contributed by atoms with Crippen molar-refractivity contribution in [3.8, 4) is 28.0 Å². The number of hydrogen-bond donors (Lipinski definition) is 1. The van der Waals surface area contributed by atoms with Gasteiger partial charge in [-0.1, -0.05) is 48.5 Å². The fourth-order valence-corrected chi connectivity index (χ4v) is 3.62. The molecule has 0 spiro atoms. The van der Waals surface area contributed by atoms with Gasteiger partial charge in [-0.2, -0.15) is 0 Å². The van der Waals surface area contributed by atoms with Gasteiger partial charge in [-0.3, -0.25) is 9.97 Å². The van der Waals surface area contributed by atoms with Gasteiger partial charge in [-0.05, 0) is 46.3 Å². The third-order valence-corrected chi connectivity index (χ3v) is 4.90. The average Bonchev–Trinajstić information content (AvgIpc) is 2.74. The van der Waals surface area contributed by atoms with Crippen molar-refractivity contribution < 1.29 is 5.11 Å². The van der Waals surface area contributed by atoms with Crippen LogP contribution in [-0.2, 0) is 0 Å². The molecular formula is C24H16N2O. The van der Waals surface area contributed by atoms with Crippen LogP contribution in [0.4, 0.5) is 0 Å². The van der Waals surface area contributed by atoms with Gasteiger partial charge in [0.15, 0.2) is 0 Å². The first kappa shape index (κ1) is 15.5. The summed E-state index contributed by atoms with van der Waals surface area (Å²) in [4.78, 5) is 8.72. The summed E-state index contributed by atoms with van der Waals surface area (Å²) < 4.78 is 0. The van der Waals surface area contributed by atoms with Gasteiger partial charge in [0.1, 0.15) is 5.75 Å². The molecule has 3 heteroatoms. The van der Waals surface area contributed by atoms with E-state index in [4.69, 9.17) is 0 Å². The third-order valence-electron chi connectivity index (χ3n) is 4.90. The second-order valence-corrected chi connectivity index (χ2v) is 6.52. The fourth-order valence-electron chi connectivity index (χ4n) is 3.62. The zero-order valence-corrected chi connectivity index (χ0v) is 14.5. The summed E-state index contributed by atoms with van der Waals surface area (Å²) in [7, 11) is 0. The maximum absolute atomic E-state index is 10.5. The highest BCUT2D eigenvalue weighted by Crippen LogP contribution is 2.38. The average molecular weight is 348 g/mol. The predicted octanol–water partition coefficient (Wildman–Crippen LogP) is 5.82. The van der Waals surface area contributed by atoms with Gasteiger partial charge in [0.05, 0.1) is 10.9 Å². The standard InChI is InChI=1S/C24H16N2O/c27-22-11-10-20(21-9-8-16-6-3-13-26-24(16)23(21)22)18-5-1-4-17(14-18)19-7-2-12-25-15-19/h1-15,27H. The molecule has 1 N–H and O–H groups in total. The minimum atomic E-state index is 0.251. The van der Waals surface area contributed by atoms with Crippen LogP contribution in [0.15, 0.2) is 91.4 Å². The smallest absolute Gasteiger partial charge is 0.125 e. The molecule has 0 aliphatic rings. The first-order valence-corrected chi connectivity index (χ1v) is 8.81. The molecule has 3 aromatic carbocycles. The molecule has 0 saturated carbocycles. The number of aromatic nitrogens is 2. The summed E-state index contributed by atoms with van der Waals surface area (Å²) in [5.74, 6) is 0.251. The molecule has 0 bridgehead atoms. The normalized spacial score (nSPS) is 11.1. The predicted molar refractivity (Wildman–Crippen MR) is 110 cm³/mol. The maximum Gasteiger partial charge on any atom is 0.125 e. The first-order chi connectivity index (χ1) is 13.3. The van der Waals surface area contributed by atoms with Crippen molar-refractivity contribution in [1.82, 2.24) is 9.97 Å². The number of pyridine rings is 2. The van der Waals surface area contributed by atoms with E-state index in [-0.39, 0.29) is 5.75 Å². The Hall–Kier alpha value is -3.72. The Morgan fingerprint density at radius 3 is 2.44 bits per heavy atom. The SMILES string of the molecule is Oc1ccc(-c2cccc(-c3cccnc3)c2)c2ccc3cccnc3c12. The number of hydrogen-bond acceptors (Lipinski definition) is 3.